The lowest BCUT2D eigenvalue weighted by molar-refractivity contribution is 0.148. The zero-order chi connectivity index (χ0) is 14.8. The molecular formula is C17H18FNO2. The van der Waals surface area contributed by atoms with Crippen molar-refractivity contribution < 1.29 is 13.9 Å². The minimum Gasteiger partial charge on any atom is -0.490 e. The van der Waals surface area contributed by atoms with Gasteiger partial charge in [0.05, 0.1) is 0 Å². The van der Waals surface area contributed by atoms with Crippen molar-refractivity contribution in [1.29, 1.82) is 0 Å². The van der Waals surface area contributed by atoms with E-state index in [1.165, 1.54) is 11.6 Å². The van der Waals surface area contributed by atoms with E-state index in [4.69, 9.17) is 15.2 Å². The van der Waals surface area contributed by atoms with Gasteiger partial charge in [-0.25, -0.2) is 4.39 Å². The highest BCUT2D eigenvalue weighted by atomic mass is 19.1. The Labute approximate surface area is 123 Å². The van der Waals surface area contributed by atoms with E-state index in [1.54, 1.807) is 19.1 Å². The van der Waals surface area contributed by atoms with Gasteiger partial charge in [-0.05, 0) is 24.6 Å². The van der Waals surface area contributed by atoms with Crippen LogP contribution in [0.15, 0.2) is 42.5 Å². The number of hydrogen-bond acceptors (Lipinski definition) is 3. The summed E-state index contributed by atoms with van der Waals surface area (Å²) in [6, 6.07) is 12.4. The molecule has 1 heterocycles. The minimum absolute atomic E-state index is 0.0291. The zero-order valence-corrected chi connectivity index (χ0v) is 11.9. The van der Waals surface area contributed by atoms with Crippen molar-refractivity contribution in [2.75, 3.05) is 6.61 Å². The molecule has 2 atom stereocenters. The van der Waals surface area contributed by atoms with Gasteiger partial charge in [-0.1, -0.05) is 24.3 Å². The SMILES string of the molecule is C[C@@H](N)c1ccc(OCC2Cc3ccccc3O2)cc1F. The summed E-state index contributed by atoms with van der Waals surface area (Å²) in [6.07, 6.45) is 0.787. The van der Waals surface area contributed by atoms with Crippen LogP contribution in [0.25, 0.3) is 0 Å². The standard InChI is InChI=1S/C17H18FNO2/c1-11(19)15-7-6-13(9-16(15)18)20-10-14-8-12-4-2-3-5-17(12)21-14/h2-7,9,11,14H,8,10,19H2,1H3/t11-,14?/m1/s1. The van der Waals surface area contributed by atoms with Gasteiger partial charge < -0.3 is 15.2 Å². The molecule has 110 valence electrons. The van der Waals surface area contributed by atoms with E-state index < -0.39 is 0 Å². The van der Waals surface area contributed by atoms with E-state index in [2.05, 4.69) is 0 Å². The van der Waals surface area contributed by atoms with Gasteiger partial charge >= 0.3 is 0 Å². The molecule has 3 nitrogen and oxygen atoms in total. The average Bonchev–Trinajstić information content (AvgIpc) is 2.87. The summed E-state index contributed by atoms with van der Waals surface area (Å²) in [5.74, 6) is 1.07. The lowest BCUT2D eigenvalue weighted by atomic mass is 10.1. The molecule has 0 radical (unpaired) electrons. The Balaban J connectivity index is 1.61. The maximum absolute atomic E-state index is 13.8. The molecular weight excluding hydrogens is 269 g/mol. The number of hydrogen-bond donors (Lipinski definition) is 1. The summed E-state index contributed by atoms with van der Waals surface area (Å²) in [4.78, 5) is 0. The highest BCUT2D eigenvalue weighted by Crippen LogP contribution is 2.28. The average molecular weight is 287 g/mol. The first-order valence-corrected chi connectivity index (χ1v) is 7.06. The second kappa shape index (κ2) is 5.74. The predicted molar refractivity (Wildman–Crippen MR) is 79.1 cm³/mol. The summed E-state index contributed by atoms with van der Waals surface area (Å²) >= 11 is 0. The number of para-hydroxylation sites is 1. The molecule has 0 fully saturated rings. The molecule has 2 aromatic carbocycles. The summed E-state index contributed by atoms with van der Waals surface area (Å²) in [5.41, 5.74) is 7.36. The molecule has 0 bridgehead atoms. The van der Waals surface area contributed by atoms with E-state index in [9.17, 15) is 4.39 Å². The third kappa shape index (κ3) is 3.00. The Morgan fingerprint density at radius 3 is 2.86 bits per heavy atom. The zero-order valence-electron chi connectivity index (χ0n) is 11.9. The Hall–Kier alpha value is -2.07. The van der Waals surface area contributed by atoms with Gasteiger partial charge in [-0.3, -0.25) is 0 Å². The van der Waals surface area contributed by atoms with Crippen LogP contribution in [-0.2, 0) is 6.42 Å². The molecule has 2 aromatic rings. The lowest BCUT2D eigenvalue weighted by Crippen LogP contribution is -2.22. The van der Waals surface area contributed by atoms with Crippen LogP contribution >= 0.6 is 0 Å². The number of benzene rings is 2. The fraction of sp³-hybridized carbons (Fsp3) is 0.294. The lowest BCUT2D eigenvalue weighted by Gasteiger charge is -2.14. The number of fused-ring (bicyclic) bond motifs is 1. The van der Waals surface area contributed by atoms with Gasteiger partial charge in [0.15, 0.2) is 0 Å². The Morgan fingerprint density at radius 2 is 2.14 bits per heavy atom. The molecule has 0 saturated heterocycles. The van der Waals surface area contributed by atoms with Crippen LogP contribution in [0, 0.1) is 5.82 Å². The third-order valence-electron chi connectivity index (χ3n) is 3.61. The molecule has 0 spiro atoms. The number of nitrogens with two attached hydrogens (primary N) is 1. The quantitative estimate of drug-likeness (QED) is 0.939. The molecule has 21 heavy (non-hydrogen) atoms. The van der Waals surface area contributed by atoms with Crippen molar-refractivity contribution in [1.82, 2.24) is 0 Å². The smallest absolute Gasteiger partial charge is 0.137 e. The highest BCUT2D eigenvalue weighted by molar-refractivity contribution is 5.37. The molecule has 1 aliphatic heterocycles. The van der Waals surface area contributed by atoms with Crippen molar-refractivity contribution in [3.8, 4) is 11.5 Å². The predicted octanol–water partition coefficient (Wildman–Crippen LogP) is 3.23. The van der Waals surface area contributed by atoms with E-state index in [-0.39, 0.29) is 18.0 Å². The topological polar surface area (TPSA) is 44.5 Å². The third-order valence-corrected chi connectivity index (χ3v) is 3.61. The van der Waals surface area contributed by atoms with Gasteiger partial charge in [0.25, 0.3) is 0 Å². The summed E-state index contributed by atoms with van der Waals surface area (Å²) in [7, 11) is 0. The maximum Gasteiger partial charge on any atom is 0.137 e. The van der Waals surface area contributed by atoms with Crippen LogP contribution in [-0.4, -0.2) is 12.7 Å². The molecule has 1 unspecified atom stereocenters. The van der Waals surface area contributed by atoms with Crippen LogP contribution in [0.3, 0.4) is 0 Å². The van der Waals surface area contributed by atoms with Gasteiger partial charge in [0, 0.05) is 24.1 Å². The van der Waals surface area contributed by atoms with E-state index in [0.717, 1.165) is 12.2 Å². The maximum atomic E-state index is 13.8. The van der Waals surface area contributed by atoms with Crippen LogP contribution < -0.4 is 15.2 Å². The fourth-order valence-electron chi connectivity index (χ4n) is 2.50. The van der Waals surface area contributed by atoms with E-state index in [0.29, 0.717) is 17.9 Å². The number of halogens is 1. The first kappa shape index (κ1) is 13.9. The molecule has 0 amide bonds. The first-order chi connectivity index (χ1) is 10.1. The molecule has 0 aromatic heterocycles. The van der Waals surface area contributed by atoms with E-state index in [1.807, 2.05) is 24.3 Å². The molecule has 1 aliphatic rings. The molecule has 0 aliphatic carbocycles. The molecule has 3 rings (SSSR count). The second-order valence-electron chi connectivity index (χ2n) is 5.33. The van der Waals surface area contributed by atoms with Crippen molar-refractivity contribution in [2.24, 2.45) is 5.73 Å². The van der Waals surface area contributed by atoms with Crippen molar-refractivity contribution in [3.63, 3.8) is 0 Å². The van der Waals surface area contributed by atoms with E-state index >= 15 is 0 Å². The van der Waals surface area contributed by atoms with Crippen LogP contribution in [0.2, 0.25) is 0 Å². The second-order valence-corrected chi connectivity index (χ2v) is 5.33. The van der Waals surface area contributed by atoms with Gasteiger partial charge in [0.2, 0.25) is 0 Å². The number of ether oxygens (including phenoxy) is 2. The van der Waals surface area contributed by atoms with Crippen LogP contribution in [0.5, 0.6) is 11.5 Å². The largest absolute Gasteiger partial charge is 0.490 e. The summed E-state index contributed by atoms with van der Waals surface area (Å²) < 4.78 is 25.2. The molecule has 4 heteroatoms. The minimum atomic E-state index is -0.335. The number of rotatable bonds is 4. The monoisotopic (exact) mass is 287 g/mol. The Kier molecular flexibility index (Phi) is 3.80. The van der Waals surface area contributed by atoms with Crippen molar-refractivity contribution >= 4 is 0 Å². The highest BCUT2D eigenvalue weighted by Gasteiger charge is 2.22. The van der Waals surface area contributed by atoms with Gasteiger partial charge in [-0.2, -0.15) is 0 Å². The molecule has 0 saturated carbocycles. The van der Waals surface area contributed by atoms with Crippen LogP contribution in [0.1, 0.15) is 24.1 Å². The van der Waals surface area contributed by atoms with Crippen molar-refractivity contribution in [3.05, 3.63) is 59.4 Å². The van der Waals surface area contributed by atoms with Crippen LogP contribution in [0.4, 0.5) is 4.39 Å². The Bertz CT molecular complexity index is 617. The Morgan fingerprint density at radius 1 is 1.33 bits per heavy atom. The summed E-state index contributed by atoms with van der Waals surface area (Å²) in [6.45, 7) is 2.15. The van der Waals surface area contributed by atoms with Gasteiger partial charge in [0.1, 0.15) is 30.0 Å². The summed E-state index contributed by atoms with van der Waals surface area (Å²) in [5, 5.41) is 0. The van der Waals surface area contributed by atoms with Gasteiger partial charge in [-0.15, -0.1) is 0 Å². The normalized spacial score (nSPS) is 18.0. The first-order valence-electron chi connectivity index (χ1n) is 7.06. The molecule has 2 N–H and O–H groups in total. The van der Waals surface area contributed by atoms with Crippen molar-refractivity contribution in [2.45, 2.75) is 25.5 Å². The fourth-order valence-corrected chi connectivity index (χ4v) is 2.50.